The molecule has 0 spiro atoms. The molecule has 0 saturated heterocycles. The van der Waals surface area contributed by atoms with Crippen LogP contribution in [-0.4, -0.2) is 6.26 Å². The maximum atomic E-state index is 12.9. The third-order valence-electron chi connectivity index (χ3n) is 1.19. The molecule has 0 radical (unpaired) electrons. The SMILES string of the molecule is CSc1cc(Cl)c(F)c(Br)c1. The average Bonchev–Trinajstić information content (AvgIpc) is 1.99. The predicted octanol–water partition coefficient (Wildman–Crippen LogP) is 3.96. The number of halogens is 3. The van der Waals surface area contributed by atoms with E-state index in [4.69, 9.17) is 11.6 Å². The summed E-state index contributed by atoms with van der Waals surface area (Å²) in [5.74, 6) is -0.399. The van der Waals surface area contributed by atoms with Gasteiger partial charge in [0.1, 0.15) is 0 Å². The summed E-state index contributed by atoms with van der Waals surface area (Å²) in [4.78, 5) is 0.947. The van der Waals surface area contributed by atoms with Crippen molar-refractivity contribution in [3.63, 3.8) is 0 Å². The highest BCUT2D eigenvalue weighted by Crippen LogP contribution is 2.28. The summed E-state index contributed by atoms with van der Waals surface area (Å²) < 4.78 is 13.3. The summed E-state index contributed by atoms with van der Waals surface area (Å²) in [6.07, 6.45) is 1.91. The molecular formula is C7H5BrClFS. The topological polar surface area (TPSA) is 0 Å². The Balaban J connectivity index is 3.21. The predicted molar refractivity (Wildman–Crippen MR) is 50.9 cm³/mol. The fourth-order valence-corrected chi connectivity index (χ4v) is 2.13. The molecule has 0 aromatic heterocycles. The van der Waals surface area contributed by atoms with E-state index >= 15 is 0 Å². The molecule has 0 aliphatic rings. The first kappa shape index (κ1) is 9.36. The van der Waals surface area contributed by atoms with Crippen molar-refractivity contribution >= 4 is 39.3 Å². The quantitative estimate of drug-likeness (QED) is 0.541. The van der Waals surface area contributed by atoms with Crippen molar-refractivity contribution in [3.8, 4) is 0 Å². The monoisotopic (exact) mass is 254 g/mol. The molecule has 0 N–H and O–H groups in total. The third-order valence-corrected chi connectivity index (χ3v) is 2.75. The summed E-state index contributed by atoms with van der Waals surface area (Å²) in [5, 5.41) is 0.156. The standard InChI is InChI=1S/C7H5BrClFS/c1-11-4-2-5(8)7(10)6(9)3-4/h2-3H,1H3. The second kappa shape index (κ2) is 3.78. The second-order valence-corrected chi connectivity index (χ2v) is 4.05. The fraction of sp³-hybridized carbons (Fsp3) is 0.143. The Kier molecular flexibility index (Phi) is 3.22. The molecule has 0 heterocycles. The lowest BCUT2D eigenvalue weighted by molar-refractivity contribution is 0.620. The molecule has 1 aromatic rings. The van der Waals surface area contributed by atoms with Crippen LogP contribution >= 0.6 is 39.3 Å². The highest BCUT2D eigenvalue weighted by Gasteiger charge is 2.05. The lowest BCUT2D eigenvalue weighted by Crippen LogP contribution is -1.80. The molecule has 0 atom stereocenters. The van der Waals surface area contributed by atoms with Crippen LogP contribution in [-0.2, 0) is 0 Å². The Morgan fingerprint density at radius 2 is 2.18 bits per heavy atom. The summed E-state index contributed by atoms with van der Waals surface area (Å²) in [5.41, 5.74) is 0. The normalized spacial score (nSPS) is 10.2. The van der Waals surface area contributed by atoms with Gasteiger partial charge in [-0.3, -0.25) is 0 Å². The number of hydrogen-bond acceptors (Lipinski definition) is 1. The average molecular weight is 256 g/mol. The number of thioether (sulfide) groups is 1. The molecule has 0 bridgehead atoms. The van der Waals surface area contributed by atoms with E-state index in [9.17, 15) is 4.39 Å². The molecule has 4 heteroatoms. The Bertz CT molecular complexity index is 254. The molecule has 0 amide bonds. The largest absolute Gasteiger partial charge is 0.204 e. The minimum absolute atomic E-state index is 0.156. The Hall–Kier alpha value is 0.270. The van der Waals surface area contributed by atoms with E-state index in [-0.39, 0.29) is 5.02 Å². The van der Waals surface area contributed by atoms with Crippen molar-refractivity contribution in [1.29, 1.82) is 0 Å². The van der Waals surface area contributed by atoms with E-state index in [0.717, 1.165) is 4.90 Å². The van der Waals surface area contributed by atoms with Gasteiger partial charge in [-0.05, 0) is 34.3 Å². The van der Waals surface area contributed by atoms with Crippen LogP contribution in [0.5, 0.6) is 0 Å². The zero-order valence-electron chi connectivity index (χ0n) is 5.70. The Morgan fingerprint density at radius 1 is 1.55 bits per heavy atom. The first-order valence-electron chi connectivity index (χ1n) is 2.83. The maximum absolute atomic E-state index is 12.9. The van der Waals surface area contributed by atoms with Crippen molar-refractivity contribution in [2.24, 2.45) is 0 Å². The van der Waals surface area contributed by atoms with Crippen molar-refractivity contribution < 1.29 is 4.39 Å². The summed E-state index contributed by atoms with van der Waals surface area (Å²) in [6, 6.07) is 3.30. The van der Waals surface area contributed by atoms with E-state index in [1.807, 2.05) is 6.26 Å². The molecule has 11 heavy (non-hydrogen) atoms. The van der Waals surface area contributed by atoms with Gasteiger partial charge in [0.15, 0.2) is 5.82 Å². The summed E-state index contributed by atoms with van der Waals surface area (Å²) in [6.45, 7) is 0. The highest BCUT2D eigenvalue weighted by molar-refractivity contribution is 9.10. The first-order chi connectivity index (χ1) is 5.15. The maximum Gasteiger partial charge on any atom is 0.156 e. The highest BCUT2D eigenvalue weighted by atomic mass is 79.9. The Labute approximate surface area is 82.3 Å². The summed E-state index contributed by atoms with van der Waals surface area (Å²) >= 11 is 10.2. The molecule has 0 saturated carbocycles. The van der Waals surface area contributed by atoms with Gasteiger partial charge in [0, 0.05) is 4.90 Å². The first-order valence-corrected chi connectivity index (χ1v) is 5.23. The molecule has 0 unspecified atom stereocenters. The minimum Gasteiger partial charge on any atom is -0.204 e. The summed E-state index contributed by atoms with van der Waals surface area (Å²) in [7, 11) is 0. The fourth-order valence-electron chi connectivity index (χ4n) is 0.650. The number of rotatable bonds is 1. The van der Waals surface area contributed by atoms with Crippen LogP contribution in [0.2, 0.25) is 5.02 Å². The van der Waals surface area contributed by atoms with Crippen molar-refractivity contribution in [3.05, 3.63) is 27.4 Å². The second-order valence-electron chi connectivity index (χ2n) is 1.91. The molecular weight excluding hydrogens is 250 g/mol. The van der Waals surface area contributed by atoms with Crippen LogP contribution in [0.25, 0.3) is 0 Å². The zero-order valence-corrected chi connectivity index (χ0v) is 8.86. The number of hydrogen-bond donors (Lipinski definition) is 0. The molecule has 0 nitrogen and oxygen atoms in total. The van der Waals surface area contributed by atoms with Gasteiger partial charge in [-0.25, -0.2) is 4.39 Å². The molecule has 1 aromatic carbocycles. The molecule has 0 aliphatic carbocycles. The lowest BCUT2D eigenvalue weighted by atomic mass is 10.3. The van der Waals surface area contributed by atoms with Crippen molar-refractivity contribution in [2.45, 2.75) is 4.90 Å². The van der Waals surface area contributed by atoms with Gasteiger partial charge >= 0.3 is 0 Å². The van der Waals surface area contributed by atoms with Crippen molar-refractivity contribution in [2.75, 3.05) is 6.26 Å². The minimum atomic E-state index is -0.399. The third kappa shape index (κ3) is 2.10. The van der Waals surface area contributed by atoms with Crippen LogP contribution < -0.4 is 0 Å². The zero-order chi connectivity index (χ0) is 8.43. The Morgan fingerprint density at radius 3 is 2.64 bits per heavy atom. The van der Waals surface area contributed by atoms with Crippen LogP contribution in [0.4, 0.5) is 4.39 Å². The van der Waals surface area contributed by atoms with E-state index in [0.29, 0.717) is 4.47 Å². The molecule has 0 fully saturated rings. The smallest absolute Gasteiger partial charge is 0.156 e. The molecule has 60 valence electrons. The van der Waals surface area contributed by atoms with Gasteiger partial charge < -0.3 is 0 Å². The van der Waals surface area contributed by atoms with Crippen LogP contribution in [0.1, 0.15) is 0 Å². The van der Waals surface area contributed by atoms with Crippen LogP contribution in [0.3, 0.4) is 0 Å². The lowest BCUT2D eigenvalue weighted by Gasteiger charge is -2.00. The van der Waals surface area contributed by atoms with E-state index in [1.54, 1.807) is 12.1 Å². The van der Waals surface area contributed by atoms with E-state index in [1.165, 1.54) is 11.8 Å². The van der Waals surface area contributed by atoms with Gasteiger partial charge in [0.2, 0.25) is 0 Å². The van der Waals surface area contributed by atoms with Gasteiger partial charge in [0.25, 0.3) is 0 Å². The van der Waals surface area contributed by atoms with Gasteiger partial charge in [0.05, 0.1) is 9.50 Å². The van der Waals surface area contributed by atoms with Gasteiger partial charge in [-0.1, -0.05) is 11.6 Å². The molecule has 0 aliphatic heterocycles. The van der Waals surface area contributed by atoms with Gasteiger partial charge in [-0.15, -0.1) is 11.8 Å². The molecule has 1 rings (SSSR count). The van der Waals surface area contributed by atoms with Gasteiger partial charge in [-0.2, -0.15) is 0 Å². The van der Waals surface area contributed by atoms with E-state index < -0.39 is 5.82 Å². The van der Waals surface area contributed by atoms with Crippen LogP contribution in [0, 0.1) is 5.82 Å². The van der Waals surface area contributed by atoms with E-state index in [2.05, 4.69) is 15.9 Å². The van der Waals surface area contributed by atoms with Crippen molar-refractivity contribution in [1.82, 2.24) is 0 Å². The van der Waals surface area contributed by atoms with Crippen LogP contribution in [0.15, 0.2) is 21.5 Å². The number of benzene rings is 1.